The molecule has 1 saturated heterocycles. The number of ether oxygens (including phenoxy) is 1. The van der Waals surface area contributed by atoms with E-state index in [1.54, 1.807) is 0 Å². The van der Waals surface area contributed by atoms with Crippen LogP contribution in [0, 0.1) is 6.92 Å². The zero-order valence-corrected chi connectivity index (χ0v) is 13.4. The summed E-state index contributed by atoms with van der Waals surface area (Å²) in [5.74, 6) is 1.79. The van der Waals surface area contributed by atoms with E-state index in [1.807, 2.05) is 13.8 Å². The van der Waals surface area contributed by atoms with Crippen LogP contribution in [0.15, 0.2) is 0 Å². The molecule has 112 valence electrons. The molecule has 5 heteroatoms. The van der Waals surface area contributed by atoms with E-state index in [1.165, 1.54) is 0 Å². The van der Waals surface area contributed by atoms with Gasteiger partial charge in [-0.05, 0) is 26.2 Å². The molecule has 1 fully saturated rings. The van der Waals surface area contributed by atoms with E-state index < -0.39 is 0 Å². The zero-order chi connectivity index (χ0) is 14.5. The number of halogens is 1. The molecule has 0 bridgehead atoms. The number of piperidine rings is 1. The van der Waals surface area contributed by atoms with Crippen LogP contribution in [-0.2, 0) is 11.2 Å². The second kappa shape index (κ2) is 7.23. The summed E-state index contributed by atoms with van der Waals surface area (Å²) in [5.41, 5.74) is 0.972. The Morgan fingerprint density at radius 1 is 1.35 bits per heavy atom. The van der Waals surface area contributed by atoms with Crippen molar-refractivity contribution in [1.82, 2.24) is 9.97 Å². The highest BCUT2D eigenvalue weighted by Crippen LogP contribution is 2.27. The molecule has 0 amide bonds. The van der Waals surface area contributed by atoms with Crippen molar-refractivity contribution in [2.75, 3.05) is 24.6 Å². The van der Waals surface area contributed by atoms with E-state index in [-0.39, 0.29) is 0 Å². The highest BCUT2D eigenvalue weighted by Gasteiger charge is 2.23. The predicted molar refractivity (Wildman–Crippen MR) is 82.6 cm³/mol. The average Bonchev–Trinajstić information content (AvgIpc) is 2.48. The molecule has 1 aliphatic heterocycles. The maximum absolute atomic E-state index is 6.23. The highest BCUT2D eigenvalue weighted by molar-refractivity contribution is 6.30. The van der Waals surface area contributed by atoms with Gasteiger partial charge in [0, 0.05) is 31.7 Å². The second-order valence-corrected chi connectivity index (χ2v) is 5.67. The third-order valence-corrected chi connectivity index (χ3v) is 4.03. The maximum Gasteiger partial charge on any atom is 0.137 e. The molecule has 2 heterocycles. The first-order valence-corrected chi connectivity index (χ1v) is 7.93. The molecule has 0 N–H and O–H groups in total. The lowest BCUT2D eigenvalue weighted by Crippen LogP contribution is -2.40. The van der Waals surface area contributed by atoms with Gasteiger partial charge in [0.25, 0.3) is 0 Å². The van der Waals surface area contributed by atoms with E-state index in [0.717, 1.165) is 62.6 Å². The van der Waals surface area contributed by atoms with Gasteiger partial charge in [0.1, 0.15) is 16.8 Å². The summed E-state index contributed by atoms with van der Waals surface area (Å²) < 4.78 is 5.89. The number of rotatable bonds is 5. The second-order valence-electron chi connectivity index (χ2n) is 5.31. The molecule has 20 heavy (non-hydrogen) atoms. The van der Waals surface area contributed by atoms with Gasteiger partial charge < -0.3 is 9.64 Å². The first kappa shape index (κ1) is 15.5. The fraction of sp³-hybridized carbons (Fsp3) is 0.733. The third kappa shape index (κ3) is 3.61. The predicted octanol–water partition coefficient (Wildman–Crippen LogP) is 3.40. The molecular weight excluding hydrogens is 274 g/mol. The smallest absolute Gasteiger partial charge is 0.137 e. The zero-order valence-electron chi connectivity index (χ0n) is 12.7. The van der Waals surface area contributed by atoms with E-state index in [9.17, 15) is 0 Å². The first-order valence-electron chi connectivity index (χ1n) is 7.55. The summed E-state index contributed by atoms with van der Waals surface area (Å²) in [6.07, 6.45) is 4.44. The van der Waals surface area contributed by atoms with Crippen LogP contribution in [0.1, 0.15) is 44.5 Å². The summed E-state index contributed by atoms with van der Waals surface area (Å²) in [7, 11) is 0. The van der Waals surface area contributed by atoms with Crippen molar-refractivity contribution < 1.29 is 4.74 Å². The fourth-order valence-electron chi connectivity index (χ4n) is 2.54. The van der Waals surface area contributed by atoms with Crippen molar-refractivity contribution in [3.05, 3.63) is 16.5 Å². The molecular formula is C15H24ClN3O. The number of aryl methyl sites for hydroxylation is 1. The Labute approximate surface area is 126 Å². The number of anilines is 1. The van der Waals surface area contributed by atoms with Crippen LogP contribution in [-0.4, -0.2) is 35.8 Å². The molecule has 1 aromatic heterocycles. The lowest BCUT2D eigenvalue weighted by Gasteiger charge is -2.34. The van der Waals surface area contributed by atoms with Gasteiger partial charge in [0.05, 0.1) is 6.10 Å². The van der Waals surface area contributed by atoms with Gasteiger partial charge in [-0.15, -0.1) is 0 Å². The van der Waals surface area contributed by atoms with Gasteiger partial charge >= 0.3 is 0 Å². The fourth-order valence-corrected chi connectivity index (χ4v) is 2.72. The Balaban J connectivity index is 2.15. The molecule has 4 nitrogen and oxygen atoms in total. The average molecular weight is 298 g/mol. The summed E-state index contributed by atoms with van der Waals surface area (Å²) in [6.45, 7) is 8.94. The van der Waals surface area contributed by atoms with Crippen molar-refractivity contribution in [2.45, 2.75) is 52.6 Å². The Morgan fingerprint density at radius 3 is 2.85 bits per heavy atom. The minimum absolute atomic E-state index is 0.307. The van der Waals surface area contributed by atoms with Crippen molar-refractivity contribution in [1.29, 1.82) is 0 Å². The summed E-state index contributed by atoms with van der Waals surface area (Å²) >= 11 is 6.23. The molecule has 1 atom stereocenters. The maximum atomic E-state index is 6.23. The van der Waals surface area contributed by atoms with Crippen LogP contribution in [0.3, 0.4) is 0 Å². The number of hydrogen-bond donors (Lipinski definition) is 0. The Bertz CT molecular complexity index is 453. The van der Waals surface area contributed by atoms with Crippen molar-refractivity contribution in [2.24, 2.45) is 0 Å². The van der Waals surface area contributed by atoms with E-state index >= 15 is 0 Å². The Morgan fingerprint density at radius 2 is 2.15 bits per heavy atom. The molecule has 0 saturated carbocycles. The van der Waals surface area contributed by atoms with Crippen LogP contribution in [0.25, 0.3) is 0 Å². The molecule has 0 spiro atoms. The van der Waals surface area contributed by atoms with E-state index in [2.05, 4.69) is 21.8 Å². The minimum atomic E-state index is 0.307. The van der Waals surface area contributed by atoms with E-state index in [4.69, 9.17) is 16.3 Å². The topological polar surface area (TPSA) is 38.2 Å². The largest absolute Gasteiger partial charge is 0.376 e. The monoisotopic (exact) mass is 297 g/mol. The first-order chi connectivity index (χ1) is 9.65. The summed E-state index contributed by atoms with van der Waals surface area (Å²) in [4.78, 5) is 11.3. The van der Waals surface area contributed by atoms with Gasteiger partial charge in [0.2, 0.25) is 0 Å². The van der Waals surface area contributed by atoms with Crippen molar-refractivity contribution >= 4 is 17.4 Å². The molecule has 1 unspecified atom stereocenters. The van der Waals surface area contributed by atoms with Crippen LogP contribution in [0.5, 0.6) is 0 Å². The lowest BCUT2D eigenvalue weighted by molar-refractivity contribution is 0.0439. The SMILES string of the molecule is CCCOC1CCCN(c2nc(CC)nc(Cl)c2C)C1. The van der Waals surface area contributed by atoms with Gasteiger partial charge in [-0.3, -0.25) is 0 Å². The van der Waals surface area contributed by atoms with Gasteiger partial charge in [-0.1, -0.05) is 25.4 Å². The Hall–Kier alpha value is -0.870. The minimum Gasteiger partial charge on any atom is -0.376 e. The Kier molecular flexibility index (Phi) is 5.61. The number of hydrogen-bond acceptors (Lipinski definition) is 4. The standard InChI is InChI=1S/C15H24ClN3O/c1-4-9-20-12-7-6-8-19(10-12)15-11(3)14(16)17-13(5-2)18-15/h12H,4-10H2,1-3H3. The van der Waals surface area contributed by atoms with Crippen LogP contribution < -0.4 is 4.90 Å². The quantitative estimate of drug-likeness (QED) is 0.781. The van der Waals surface area contributed by atoms with E-state index in [0.29, 0.717) is 11.3 Å². The van der Waals surface area contributed by atoms with Crippen molar-refractivity contribution in [3.8, 4) is 0 Å². The normalized spacial score (nSPS) is 19.4. The molecule has 0 aromatic carbocycles. The van der Waals surface area contributed by atoms with Gasteiger partial charge in [0.15, 0.2) is 0 Å². The molecule has 1 aliphatic rings. The molecule has 0 radical (unpaired) electrons. The van der Waals surface area contributed by atoms with Crippen LogP contribution in [0.2, 0.25) is 5.15 Å². The van der Waals surface area contributed by atoms with Crippen LogP contribution >= 0.6 is 11.6 Å². The summed E-state index contributed by atoms with van der Waals surface area (Å²) in [5, 5.41) is 0.573. The van der Waals surface area contributed by atoms with Gasteiger partial charge in [-0.2, -0.15) is 0 Å². The lowest BCUT2D eigenvalue weighted by atomic mass is 10.1. The van der Waals surface area contributed by atoms with Crippen LogP contribution in [0.4, 0.5) is 5.82 Å². The third-order valence-electron chi connectivity index (χ3n) is 3.66. The molecule has 1 aromatic rings. The number of nitrogens with zero attached hydrogens (tertiary/aromatic N) is 3. The molecule has 0 aliphatic carbocycles. The highest BCUT2D eigenvalue weighted by atomic mass is 35.5. The number of aromatic nitrogens is 2. The van der Waals surface area contributed by atoms with Crippen molar-refractivity contribution in [3.63, 3.8) is 0 Å². The van der Waals surface area contributed by atoms with Gasteiger partial charge in [-0.25, -0.2) is 9.97 Å². The summed E-state index contributed by atoms with van der Waals surface area (Å²) in [6, 6.07) is 0. The molecule has 2 rings (SSSR count).